The van der Waals surface area contributed by atoms with Crippen LogP contribution in [0.5, 0.6) is 0 Å². The molecule has 0 N–H and O–H groups in total. The topological polar surface area (TPSA) is 0 Å². The van der Waals surface area contributed by atoms with Crippen LogP contribution < -0.4 is 0 Å². The summed E-state index contributed by atoms with van der Waals surface area (Å²) >= 11 is 5.40. The molecule has 1 rings (SSSR count). The highest BCUT2D eigenvalue weighted by Gasteiger charge is 2.33. The molecule has 0 spiro atoms. The standard InChI is InChI=1S/C11H10ClF5/c12-5-1-2-7-3-4-8(10(13)14)6-9(7)11(15,16)17/h3-4,6,10H,1-2,5H2. The fourth-order valence-corrected chi connectivity index (χ4v) is 1.60. The van der Waals surface area contributed by atoms with Crippen LogP contribution in [0, 0.1) is 0 Å². The highest BCUT2D eigenvalue weighted by molar-refractivity contribution is 6.17. The zero-order valence-electron chi connectivity index (χ0n) is 8.70. The molecule has 0 amide bonds. The molecular formula is C11H10ClF5. The fraction of sp³-hybridized carbons (Fsp3) is 0.455. The van der Waals surface area contributed by atoms with E-state index in [2.05, 4.69) is 0 Å². The normalized spacial score (nSPS) is 12.2. The Hall–Kier alpha value is -0.840. The van der Waals surface area contributed by atoms with Gasteiger partial charge in [0, 0.05) is 11.4 Å². The van der Waals surface area contributed by atoms with Gasteiger partial charge in [0.25, 0.3) is 6.43 Å². The Labute approximate surface area is 100 Å². The van der Waals surface area contributed by atoms with E-state index in [4.69, 9.17) is 11.6 Å². The molecule has 0 saturated heterocycles. The van der Waals surface area contributed by atoms with Crippen molar-refractivity contribution in [3.63, 3.8) is 0 Å². The third-order valence-electron chi connectivity index (χ3n) is 2.27. The van der Waals surface area contributed by atoms with E-state index in [-0.39, 0.29) is 17.9 Å². The maximum Gasteiger partial charge on any atom is 0.416 e. The van der Waals surface area contributed by atoms with Gasteiger partial charge in [-0.15, -0.1) is 11.6 Å². The molecule has 0 aliphatic carbocycles. The van der Waals surface area contributed by atoms with Gasteiger partial charge < -0.3 is 0 Å². The van der Waals surface area contributed by atoms with Crippen LogP contribution in [0.2, 0.25) is 0 Å². The smallest absolute Gasteiger partial charge is 0.205 e. The summed E-state index contributed by atoms with van der Waals surface area (Å²) in [4.78, 5) is 0. The van der Waals surface area contributed by atoms with E-state index in [1.54, 1.807) is 0 Å². The van der Waals surface area contributed by atoms with Gasteiger partial charge in [-0.05, 0) is 24.5 Å². The molecule has 0 atom stereocenters. The summed E-state index contributed by atoms with van der Waals surface area (Å²) in [5.74, 6) is 0.230. The first-order chi connectivity index (χ1) is 7.86. The summed E-state index contributed by atoms with van der Waals surface area (Å²) in [7, 11) is 0. The van der Waals surface area contributed by atoms with E-state index in [0.717, 1.165) is 12.1 Å². The highest BCUT2D eigenvalue weighted by Crippen LogP contribution is 2.35. The van der Waals surface area contributed by atoms with Crippen LogP contribution in [0.25, 0.3) is 0 Å². The minimum Gasteiger partial charge on any atom is -0.205 e. The number of hydrogen-bond donors (Lipinski definition) is 0. The monoisotopic (exact) mass is 272 g/mol. The van der Waals surface area contributed by atoms with Crippen molar-refractivity contribution < 1.29 is 22.0 Å². The first kappa shape index (κ1) is 14.2. The molecule has 6 heteroatoms. The zero-order chi connectivity index (χ0) is 13.1. The van der Waals surface area contributed by atoms with Crippen molar-refractivity contribution in [2.45, 2.75) is 25.4 Å². The van der Waals surface area contributed by atoms with E-state index in [0.29, 0.717) is 12.5 Å². The Morgan fingerprint density at radius 1 is 1.18 bits per heavy atom. The second-order valence-electron chi connectivity index (χ2n) is 3.51. The van der Waals surface area contributed by atoms with Crippen LogP contribution in [-0.2, 0) is 12.6 Å². The minimum absolute atomic E-state index is 0.00236. The summed E-state index contributed by atoms with van der Waals surface area (Å²) in [5.41, 5.74) is -1.62. The van der Waals surface area contributed by atoms with E-state index < -0.39 is 23.7 Å². The molecule has 0 aromatic heterocycles. The Kier molecular flexibility index (Phi) is 4.74. The number of aryl methyl sites for hydroxylation is 1. The lowest BCUT2D eigenvalue weighted by molar-refractivity contribution is -0.138. The van der Waals surface area contributed by atoms with Crippen LogP contribution in [0.15, 0.2) is 18.2 Å². The maximum absolute atomic E-state index is 12.6. The summed E-state index contributed by atoms with van der Waals surface area (Å²) < 4.78 is 62.6. The number of benzene rings is 1. The number of alkyl halides is 6. The molecule has 0 saturated carbocycles. The molecule has 0 fully saturated rings. The maximum atomic E-state index is 12.6. The van der Waals surface area contributed by atoms with Crippen molar-refractivity contribution in [2.75, 3.05) is 5.88 Å². The largest absolute Gasteiger partial charge is 0.416 e. The lowest BCUT2D eigenvalue weighted by Gasteiger charge is -2.14. The van der Waals surface area contributed by atoms with Crippen molar-refractivity contribution in [2.24, 2.45) is 0 Å². The quantitative estimate of drug-likeness (QED) is 0.545. The molecule has 96 valence electrons. The molecule has 0 aliphatic heterocycles. The lowest BCUT2D eigenvalue weighted by atomic mass is 10.00. The number of rotatable bonds is 4. The Bertz CT molecular complexity index is 373. The molecule has 0 aliphatic rings. The van der Waals surface area contributed by atoms with Crippen molar-refractivity contribution in [1.29, 1.82) is 0 Å². The van der Waals surface area contributed by atoms with Gasteiger partial charge in [-0.25, -0.2) is 8.78 Å². The van der Waals surface area contributed by atoms with Crippen LogP contribution in [-0.4, -0.2) is 5.88 Å². The number of halogens is 6. The average molecular weight is 273 g/mol. The van der Waals surface area contributed by atoms with Gasteiger partial charge in [0.2, 0.25) is 0 Å². The minimum atomic E-state index is -4.62. The van der Waals surface area contributed by atoms with Crippen molar-refractivity contribution in [1.82, 2.24) is 0 Å². The van der Waals surface area contributed by atoms with Gasteiger partial charge >= 0.3 is 6.18 Å². The predicted molar refractivity (Wildman–Crippen MR) is 55.4 cm³/mol. The van der Waals surface area contributed by atoms with Crippen LogP contribution in [0.4, 0.5) is 22.0 Å². The average Bonchev–Trinajstić information content (AvgIpc) is 2.24. The first-order valence-corrected chi connectivity index (χ1v) is 5.44. The van der Waals surface area contributed by atoms with Crippen molar-refractivity contribution in [3.05, 3.63) is 34.9 Å². The molecule has 1 aromatic carbocycles. The molecule has 0 bridgehead atoms. The molecule has 0 radical (unpaired) electrons. The Morgan fingerprint density at radius 2 is 1.82 bits per heavy atom. The third-order valence-corrected chi connectivity index (χ3v) is 2.54. The van der Waals surface area contributed by atoms with E-state index in [1.807, 2.05) is 0 Å². The molecule has 17 heavy (non-hydrogen) atoms. The van der Waals surface area contributed by atoms with E-state index >= 15 is 0 Å². The molecule has 0 nitrogen and oxygen atoms in total. The fourth-order valence-electron chi connectivity index (χ4n) is 1.47. The van der Waals surface area contributed by atoms with Crippen molar-refractivity contribution >= 4 is 11.6 Å². The third kappa shape index (κ3) is 3.84. The summed E-state index contributed by atoms with van der Waals surface area (Å²) in [6.45, 7) is 0. The van der Waals surface area contributed by atoms with E-state index in [1.165, 1.54) is 0 Å². The van der Waals surface area contributed by atoms with Crippen molar-refractivity contribution in [3.8, 4) is 0 Å². The van der Waals surface area contributed by atoms with Crippen LogP contribution >= 0.6 is 11.6 Å². The summed E-state index contributed by atoms with van der Waals surface area (Å²) in [6.07, 6.45) is -7.02. The summed E-state index contributed by atoms with van der Waals surface area (Å²) in [5, 5.41) is 0. The molecule has 0 unspecified atom stereocenters. The SMILES string of the molecule is FC(F)c1ccc(CCCCl)c(C(F)(F)F)c1. The highest BCUT2D eigenvalue weighted by atomic mass is 35.5. The van der Waals surface area contributed by atoms with Gasteiger partial charge in [-0.3, -0.25) is 0 Å². The first-order valence-electron chi connectivity index (χ1n) is 4.90. The Morgan fingerprint density at radius 3 is 2.29 bits per heavy atom. The van der Waals surface area contributed by atoms with Gasteiger partial charge in [-0.1, -0.05) is 12.1 Å². The van der Waals surface area contributed by atoms with Crippen LogP contribution in [0.3, 0.4) is 0 Å². The van der Waals surface area contributed by atoms with E-state index in [9.17, 15) is 22.0 Å². The Balaban J connectivity index is 3.13. The second-order valence-corrected chi connectivity index (χ2v) is 3.89. The van der Waals surface area contributed by atoms with Gasteiger partial charge in [0.15, 0.2) is 0 Å². The molecule has 1 aromatic rings. The van der Waals surface area contributed by atoms with Gasteiger partial charge in [0.1, 0.15) is 0 Å². The van der Waals surface area contributed by atoms with Crippen LogP contribution in [0.1, 0.15) is 29.5 Å². The second kappa shape index (κ2) is 5.67. The molecule has 0 heterocycles. The van der Waals surface area contributed by atoms with Gasteiger partial charge in [0.05, 0.1) is 5.56 Å². The predicted octanol–water partition coefficient (Wildman–Crippen LogP) is 4.81. The zero-order valence-corrected chi connectivity index (χ0v) is 9.45. The number of hydrogen-bond acceptors (Lipinski definition) is 0. The lowest BCUT2D eigenvalue weighted by Crippen LogP contribution is -2.10. The van der Waals surface area contributed by atoms with Gasteiger partial charge in [-0.2, -0.15) is 13.2 Å². The molecular weight excluding hydrogens is 263 g/mol. The summed E-state index contributed by atoms with van der Waals surface area (Å²) in [6, 6.07) is 2.62.